The molecule has 0 unspecified atom stereocenters. The van der Waals surface area contributed by atoms with Gasteiger partial charge in [-0.3, -0.25) is 9.59 Å². The highest BCUT2D eigenvalue weighted by Crippen LogP contribution is 2.42. The highest BCUT2D eigenvalue weighted by Gasteiger charge is 2.17. The van der Waals surface area contributed by atoms with E-state index in [0.29, 0.717) is 13.0 Å². The topological polar surface area (TPSA) is 52.6 Å². The predicted octanol–water partition coefficient (Wildman–Crippen LogP) is 5.72. The molecule has 0 aromatic heterocycles. The summed E-state index contributed by atoms with van der Waals surface area (Å²) in [6.45, 7) is 2.40. The number of rotatable bonds is 8. The Morgan fingerprint density at radius 2 is 1.61 bits per heavy atom. The first-order valence-electron chi connectivity index (χ1n) is 7.06. The minimum atomic E-state index is -0.553. The second kappa shape index (κ2) is 10.2. The van der Waals surface area contributed by atoms with Crippen LogP contribution in [0.3, 0.4) is 0 Å². The molecule has 23 heavy (non-hydrogen) atoms. The lowest BCUT2D eigenvalue weighted by atomic mass is 10.2. The molecule has 0 radical (unpaired) electrons. The van der Waals surface area contributed by atoms with Gasteiger partial charge in [-0.05, 0) is 12.8 Å². The minimum absolute atomic E-state index is 0.00777. The standard InChI is InChI=1S/C15H16Cl4O4/c1-2-3-7-22-11(20)5-4-6-12(21)23-10-8-9(16)13(17)15(19)14(10)18/h8H,2-7H2,1H3. The molecule has 8 heteroatoms. The fraction of sp³-hybridized carbons (Fsp3) is 0.467. The first kappa shape index (κ1) is 20.4. The van der Waals surface area contributed by atoms with Gasteiger partial charge in [0.15, 0.2) is 5.75 Å². The third-order valence-corrected chi connectivity index (χ3v) is 4.55. The van der Waals surface area contributed by atoms with Crippen LogP contribution in [0.5, 0.6) is 5.75 Å². The van der Waals surface area contributed by atoms with Crippen molar-refractivity contribution in [3.63, 3.8) is 0 Å². The molecule has 1 aromatic carbocycles. The summed E-state index contributed by atoms with van der Waals surface area (Å²) < 4.78 is 10.1. The van der Waals surface area contributed by atoms with Crippen molar-refractivity contribution in [2.45, 2.75) is 39.0 Å². The summed E-state index contributed by atoms with van der Waals surface area (Å²) in [7, 11) is 0. The Labute approximate surface area is 154 Å². The van der Waals surface area contributed by atoms with Gasteiger partial charge in [-0.1, -0.05) is 59.7 Å². The van der Waals surface area contributed by atoms with Crippen LogP contribution in [0.25, 0.3) is 0 Å². The molecule has 0 spiro atoms. The first-order chi connectivity index (χ1) is 10.9. The Kier molecular flexibility index (Phi) is 9.07. The second-order valence-electron chi connectivity index (χ2n) is 4.70. The molecule has 0 aliphatic heterocycles. The molecular weight excluding hydrogens is 386 g/mol. The SMILES string of the molecule is CCCCOC(=O)CCCC(=O)Oc1cc(Cl)c(Cl)c(Cl)c1Cl. The molecule has 0 amide bonds. The number of esters is 2. The maximum atomic E-state index is 11.8. The summed E-state index contributed by atoms with van der Waals surface area (Å²) >= 11 is 23.5. The maximum absolute atomic E-state index is 11.8. The van der Waals surface area contributed by atoms with Crippen LogP contribution < -0.4 is 4.74 Å². The maximum Gasteiger partial charge on any atom is 0.311 e. The van der Waals surface area contributed by atoms with Crippen molar-refractivity contribution in [3.8, 4) is 5.75 Å². The molecule has 0 bridgehead atoms. The zero-order chi connectivity index (χ0) is 17.4. The largest absolute Gasteiger partial charge is 0.466 e. The van der Waals surface area contributed by atoms with E-state index in [1.165, 1.54) is 6.07 Å². The third-order valence-electron chi connectivity index (χ3n) is 2.82. The van der Waals surface area contributed by atoms with Gasteiger partial charge in [-0.25, -0.2) is 0 Å². The number of hydrogen-bond donors (Lipinski definition) is 0. The molecule has 0 atom stereocenters. The Morgan fingerprint density at radius 3 is 2.26 bits per heavy atom. The van der Waals surface area contributed by atoms with E-state index in [2.05, 4.69) is 0 Å². The van der Waals surface area contributed by atoms with Crippen LogP contribution in [-0.2, 0) is 14.3 Å². The van der Waals surface area contributed by atoms with Crippen molar-refractivity contribution >= 4 is 58.3 Å². The van der Waals surface area contributed by atoms with Gasteiger partial charge in [0, 0.05) is 18.9 Å². The van der Waals surface area contributed by atoms with E-state index in [4.69, 9.17) is 55.9 Å². The highest BCUT2D eigenvalue weighted by molar-refractivity contribution is 6.52. The number of halogens is 4. The molecular formula is C15H16Cl4O4. The van der Waals surface area contributed by atoms with Crippen LogP contribution in [0.15, 0.2) is 6.07 Å². The number of carbonyl (C=O) groups is 2. The average Bonchev–Trinajstić information content (AvgIpc) is 2.50. The minimum Gasteiger partial charge on any atom is -0.466 e. The quantitative estimate of drug-likeness (QED) is 0.184. The van der Waals surface area contributed by atoms with Gasteiger partial charge < -0.3 is 9.47 Å². The lowest BCUT2D eigenvalue weighted by Gasteiger charge is -2.09. The Balaban J connectivity index is 2.45. The van der Waals surface area contributed by atoms with Gasteiger partial charge in [0.25, 0.3) is 0 Å². The van der Waals surface area contributed by atoms with E-state index < -0.39 is 5.97 Å². The summed E-state index contributed by atoms with van der Waals surface area (Å²) in [4.78, 5) is 23.2. The molecule has 1 aromatic rings. The van der Waals surface area contributed by atoms with E-state index in [1.54, 1.807) is 0 Å². The Hall–Kier alpha value is -0.680. The number of hydrogen-bond acceptors (Lipinski definition) is 4. The van der Waals surface area contributed by atoms with Gasteiger partial charge >= 0.3 is 11.9 Å². The lowest BCUT2D eigenvalue weighted by Crippen LogP contribution is -2.11. The van der Waals surface area contributed by atoms with Crippen LogP contribution in [0.4, 0.5) is 0 Å². The molecule has 0 saturated heterocycles. The zero-order valence-electron chi connectivity index (χ0n) is 12.5. The summed E-state index contributed by atoms with van der Waals surface area (Å²) in [5.41, 5.74) is 0. The van der Waals surface area contributed by atoms with E-state index in [-0.39, 0.29) is 44.7 Å². The number of carbonyl (C=O) groups excluding carboxylic acids is 2. The van der Waals surface area contributed by atoms with Gasteiger partial charge in [-0.15, -0.1) is 0 Å². The molecule has 128 valence electrons. The lowest BCUT2D eigenvalue weighted by molar-refractivity contribution is -0.144. The van der Waals surface area contributed by atoms with Gasteiger partial charge in [0.2, 0.25) is 0 Å². The van der Waals surface area contributed by atoms with Gasteiger partial charge in [0.1, 0.15) is 5.02 Å². The van der Waals surface area contributed by atoms with Crippen LogP contribution in [0, 0.1) is 0 Å². The summed E-state index contributed by atoms with van der Waals surface area (Å²) in [6, 6.07) is 1.31. The summed E-state index contributed by atoms with van der Waals surface area (Å²) in [6.07, 6.45) is 2.28. The molecule has 0 fully saturated rings. The van der Waals surface area contributed by atoms with E-state index in [1.807, 2.05) is 6.92 Å². The smallest absolute Gasteiger partial charge is 0.311 e. The molecule has 1 rings (SSSR count). The fourth-order valence-electron chi connectivity index (χ4n) is 1.58. The highest BCUT2D eigenvalue weighted by atomic mass is 35.5. The second-order valence-corrected chi connectivity index (χ2v) is 6.24. The Morgan fingerprint density at radius 1 is 0.957 bits per heavy atom. The van der Waals surface area contributed by atoms with E-state index in [0.717, 1.165) is 12.8 Å². The van der Waals surface area contributed by atoms with E-state index >= 15 is 0 Å². The monoisotopic (exact) mass is 400 g/mol. The molecule has 0 saturated carbocycles. The van der Waals surface area contributed by atoms with Crippen molar-refractivity contribution < 1.29 is 19.1 Å². The molecule has 4 nitrogen and oxygen atoms in total. The summed E-state index contributed by atoms with van der Waals surface area (Å²) in [5.74, 6) is -0.855. The van der Waals surface area contributed by atoms with Crippen LogP contribution >= 0.6 is 46.4 Å². The van der Waals surface area contributed by atoms with E-state index in [9.17, 15) is 9.59 Å². The summed E-state index contributed by atoms with van der Waals surface area (Å²) in [5, 5.41) is 0.243. The normalized spacial score (nSPS) is 10.5. The number of benzene rings is 1. The Bertz CT molecular complexity index is 575. The zero-order valence-corrected chi connectivity index (χ0v) is 15.5. The van der Waals surface area contributed by atoms with Gasteiger partial charge in [0.05, 0.1) is 21.7 Å². The van der Waals surface area contributed by atoms with Crippen molar-refractivity contribution in [3.05, 3.63) is 26.2 Å². The number of ether oxygens (including phenoxy) is 2. The van der Waals surface area contributed by atoms with Crippen molar-refractivity contribution in [2.24, 2.45) is 0 Å². The molecule has 0 N–H and O–H groups in total. The third kappa shape index (κ3) is 6.76. The van der Waals surface area contributed by atoms with Crippen molar-refractivity contribution in [1.82, 2.24) is 0 Å². The molecule has 0 heterocycles. The predicted molar refractivity (Wildman–Crippen MR) is 91.8 cm³/mol. The van der Waals surface area contributed by atoms with Crippen molar-refractivity contribution in [2.75, 3.05) is 6.61 Å². The van der Waals surface area contributed by atoms with Crippen molar-refractivity contribution in [1.29, 1.82) is 0 Å². The number of unbranched alkanes of at least 4 members (excludes halogenated alkanes) is 1. The first-order valence-corrected chi connectivity index (χ1v) is 8.57. The average molecular weight is 402 g/mol. The van der Waals surface area contributed by atoms with Crippen LogP contribution in [0.1, 0.15) is 39.0 Å². The van der Waals surface area contributed by atoms with Crippen LogP contribution in [0.2, 0.25) is 20.1 Å². The van der Waals surface area contributed by atoms with Gasteiger partial charge in [-0.2, -0.15) is 0 Å². The molecule has 0 aliphatic rings. The van der Waals surface area contributed by atoms with Crippen LogP contribution in [-0.4, -0.2) is 18.5 Å². The molecule has 0 aliphatic carbocycles. The fourth-order valence-corrected chi connectivity index (χ4v) is 2.40.